The first-order valence-corrected chi connectivity index (χ1v) is 10.2. The van der Waals surface area contributed by atoms with Gasteiger partial charge in [0, 0.05) is 16.7 Å². The summed E-state index contributed by atoms with van der Waals surface area (Å²) in [5, 5.41) is 11.8. The van der Waals surface area contributed by atoms with Crippen LogP contribution >= 0.6 is 23.2 Å². The molecule has 1 unspecified atom stereocenters. The Balaban J connectivity index is 1.42. The standard InChI is InChI=1S/C22H21Cl2N3O4/c1-14(31-20-9-5-16(23)13-18(20)24)22(28)25-11-12-30-21-10-8-19(26-27-21)15-3-6-17(29-2)7-4-15/h3-10,13-14H,11-12H2,1-2H3,(H,25,28). The van der Waals surface area contributed by atoms with Crippen LogP contribution in [0, 0.1) is 0 Å². The number of benzene rings is 2. The summed E-state index contributed by atoms with van der Waals surface area (Å²) < 4.78 is 16.2. The molecule has 0 saturated heterocycles. The lowest BCUT2D eigenvalue weighted by atomic mass is 10.1. The predicted molar refractivity (Wildman–Crippen MR) is 119 cm³/mol. The summed E-state index contributed by atoms with van der Waals surface area (Å²) >= 11 is 11.9. The molecule has 1 amide bonds. The van der Waals surface area contributed by atoms with Crippen molar-refractivity contribution in [2.75, 3.05) is 20.3 Å². The minimum atomic E-state index is -0.734. The van der Waals surface area contributed by atoms with Gasteiger partial charge in [-0.25, -0.2) is 0 Å². The molecule has 2 aromatic carbocycles. The monoisotopic (exact) mass is 461 g/mol. The topological polar surface area (TPSA) is 82.6 Å². The number of hydrogen-bond acceptors (Lipinski definition) is 6. The summed E-state index contributed by atoms with van der Waals surface area (Å²) in [5.41, 5.74) is 1.64. The zero-order valence-electron chi connectivity index (χ0n) is 17.0. The summed E-state index contributed by atoms with van der Waals surface area (Å²) in [6.07, 6.45) is -0.734. The maximum absolute atomic E-state index is 12.2. The van der Waals surface area contributed by atoms with E-state index >= 15 is 0 Å². The van der Waals surface area contributed by atoms with Crippen LogP contribution in [0.1, 0.15) is 6.92 Å². The molecule has 162 valence electrons. The Hall–Kier alpha value is -3.03. The largest absolute Gasteiger partial charge is 0.497 e. The quantitative estimate of drug-likeness (QED) is 0.474. The fraction of sp³-hybridized carbons (Fsp3) is 0.227. The molecule has 0 fully saturated rings. The zero-order valence-corrected chi connectivity index (χ0v) is 18.5. The van der Waals surface area contributed by atoms with Gasteiger partial charge in [-0.1, -0.05) is 23.2 Å². The number of hydrogen-bond donors (Lipinski definition) is 1. The molecule has 0 radical (unpaired) electrons. The van der Waals surface area contributed by atoms with E-state index in [0.29, 0.717) is 21.7 Å². The number of aromatic nitrogens is 2. The van der Waals surface area contributed by atoms with Gasteiger partial charge >= 0.3 is 0 Å². The predicted octanol–water partition coefficient (Wildman–Crippen LogP) is 4.42. The summed E-state index contributed by atoms with van der Waals surface area (Å²) in [7, 11) is 1.62. The van der Waals surface area contributed by atoms with Crippen LogP contribution in [0.15, 0.2) is 54.6 Å². The lowest BCUT2D eigenvalue weighted by molar-refractivity contribution is -0.127. The van der Waals surface area contributed by atoms with Crippen molar-refractivity contribution >= 4 is 29.1 Å². The smallest absolute Gasteiger partial charge is 0.260 e. The van der Waals surface area contributed by atoms with Crippen LogP contribution in [0.25, 0.3) is 11.3 Å². The molecule has 1 heterocycles. The summed E-state index contributed by atoms with van der Waals surface area (Å²) in [5.74, 6) is 1.23. The fourth-order valence-corrected chi connectivity index (χ4v) is 3.05. The molecular weight excluding hydrogens is 441 g/mol. The molecule has 0 saturated carbocycles. The number of methoxy groups -OCH3 is 1. The van der Waals surface area contributed by atoms with Crippen LogP contribution in [-0.2, 0) is 4.79 Å². The SMILES string of the molecule is COc1ccc(-c2ccc(OCCNC(=O)C(C)Oc3ccc(Cl)cc3Cl)nn2)cc1. The van der Waals surface area contributed by atoms with Crippen LogP contribution in [0.5, 0.6) is 17.4 Å². The minimum Gasteiger partial charge on any atom is -0.497 e. The van der Waals surface area contributed by atoms with Gasteiger partial charge in [0.25, 0.3) is 5.91 Å². The van der Waals surface area contributed by atoms with Crippen molar-refractivity contribution in [3.8, 4) is 28.6 Å². The van der Waals surface area contributed by atoms with Gasteiger partial charge < -0.3 is 19.5 Å². The highest BCUT2D eigenvalue weighted by molar-refractivity contribution is 6.35. The summed E-state index contributed by atoms with van der Waals surface area (Å²) in [6, 6.07) is 15.9. The van der Waals surface area contributed by atoms with E-state index in [4.69, 9.17) is 37.4 Å². The van der Waals surface area contributed by atoms with Crippen molar-refractivity contribution < 1.29 is 19.0 Å². The number of rotatable bonds is 9. The molecular formula is C22H21Cl2N3O4. The Morgan fingerprint density at radius 3 is 2.48 bits per heavy atom. The molecule has 3 aromatic rings. The van der Waals surface area contributed by atoms with Gasteiger partial charge in [0.2, 0.25) is 5.88 Å². The lowest BCUT2D eigenvalue weighted by Crippen LogP contribution is -2.38. The van der Waals surface area contributed by atoms with Gasteiger partial charge in [0.05, 0.1) is 24.4 Å². The van der Waals surface area contributed by atoms with Gasteiger partial charge in [-0.15, -0.1) is 10.2 Å². The van der Waals surface area contributed by atoms with E-state index in [2.05, 4.69) is 15.5 Å². The Bertz CT molecular complexity index is 1010. The first-order valence-electron chi connectivity index (χ1n) is 9.46. The Morgan fingerprint density at radius 2 is 1.84 bits per heavy atom. The fourth-order valence-electron chi connectivity index (χ4n) is 2.60. The third-order valence-electron chi connectivity index (χ3n) is 4.24. The molecule has 0 spiro atoms. The molecule has 0 bridgehead atoms. The van der Waals surface area contributed by atoms with E-state index in [1.165, 1.54) is 0 Å². The van der Waals surface area contributed by atoms with E-state index in [1.54, 1.807) is 38.3 Å². The van der Waals surface area contributed by atoms with Crippen LogP contribution in [-0.4, -0.2) is 42.5 Å². The molecule has 0 aliphatic heterocycles. The van der Waals surface area contributed by atoms with Crippen LogP contribution in [0.3, 0.4) is 0 Å². The van der Waals surface area contributed by atoms with E-state index in [-0.39, 0.29) is 19.1 Å². The maximum atomic E-state index is 12.2. The Morgan fingerprint density at radius 1 is 1.06 bits per heavy atom. The van der Waals surface area contributed by atoms with Crippen molar-refractivity contribution in [2.24, 2.45) is 0 Å². The molecule has 31 heavy (non-hydrogen) atoms. The minimum absolute atomic E-state index is 0.233. The molecule has 1 aromatic heterocycles. The van der Waals surface area contributed by atoms with Crippen LogP contribution < -0.4 is 19.5 Å². The van der Waals surface area contributed by atoms with Gasteiger partial charge in [0.15, 0.2) is 6.10 Å². The third-order valence-corrected chi connectivity index (χ3v) is 4.77. The molecule has 7 nitrogen and oxygen atoms in total. The number of amides is 1. The van der Waals surface area contributed by atoms with E-state index in [0.717, 1.165) is 17.0 Å². The number of halogens is 2. The highest BCUT2D eigenvalue weighted by Gasteiger charge is 2.16. The van der Waals surface area contributed by atoms with Crippen molar-refractivity contribution in [3.05, 3.63) is 64.6 Å². The number of ether oxygens (including phenoxy) is 3. The number of nitrogens with one attached hydrogen (secondary N) is 1. The van der Waals surface area contributed by atoms with E-state index in [1.807, 2.05) is 30.3 Å². The van der Waals surface area contributed by atoms with Crippen molar-refractivity contribution in [3.63, 3.8) is 0 Å². The zero-order chi connectivity index (χ0) is 22.2. The summed E-state index contributed by atoms with van der Waals surface area (Å²) in [6.45, 7) is 2.14. The average molecular weight is 462 g/mol. The normalized spacial score (nSPS) is 11.5. The van der Waals surface area contributed by atoms with Gasteiger partial charge in [-0.2, -0.15) is 0 Å². The molecule has 1 atom stereocenters. The number of nitrogens with zero attached hydrogens (tertiary/aromatic N) is 2. The molecule has 9 heteroatoms. The average Bonchev–Trinajstić information content (AvgIpc) is 2.79. The van der Waals surface area contributed by atoms with Gasteiger partial charge in [-0.05, 0) is 55.5 Å². The van der Waals surface area contributed by atoms with Crippen molar-refractivity contribution in [1.82, 2.24) is 15.5 Å². The third kappa shape index (κ3) is 6.47. The van der Waals surface area contributed by atoms with Crippen LogP contribution in [0.4, 0.5) is 0 Å². The first-order chi connectivity index (χ1) is 15.0. The number of carbonyl (C=O) groups excluding carboxylic acids is 1. The van der Waals surface area contributed by atoms with Gasteiger partial charge in [0.1, 0.15) is 18.1 Å². The molecule has 3 rings (SSSR count). The molecule has 0 aliphatic carbocycles. The lowest BCUT2D eigenvalue weighted by Gasteiger charge is -2.15. The highest BCUT2D eigenvalue weighted by atomic mass is 35.5. The van der Waals surface area contributed by atoms with E-state index < -0.39 is 6.10 Å². The number of carbonyl (C=O) groups is 1. The second-order valence-corrected chi connectivity index (χ2v) is 7.30. The van der Waals surface area contributed by atoms with Crippen molar-refractivity contribution in [1.29, 1.82) is 0 Å². The van der Waals surface area contributed by atoms with Gasteiger partial charge in [-0.3, -0.25) is 4.79 Å². The highest BCUT2D eigenvalue weighted by Crippen LogP contribution is 2.28. The second-order valence-electron chi connectivity index (χ2n) is 6.46. The Kier molecular flexibility index (Phi) is 7.92. The maximum Gasteiger partial charge on any atom is 0.260 e. The first kappa shape index (κ1) is 22.7. The van der Waals surface area contributed by atoms with Crippen molar-refractivity contribution in [2.45, 2.75) is 13.0 Å². The molecule has 1 N–H and O–H groups in total. The summed E-state index contributed by atoms with van der Waals surface area (Å²) in [4.78, 5) is 12.2. The molecule has 0 aliphatic rings. The Labute approximate surface area is 190 Å². The van der Waals surface area contributed by atoms with E-state index in [9.17, 15) is 4.79 Å². The second kappa shape index (κ2) is 10.8. The van der Waals surface area contributed by atoms with Crippen LogP contribution in [0.2, 0.25) is 10.0 Å².